The van der Waals surface area contributed by atoms with Gasteiger partial charge in [-0.2, -0.15) is 0 Å². The topological polar surface area (TPSA) is 67.7 Å². The predicted molar refractivity (Wildman–Crippen MR) is 65.3 cm³/mol. The number of nitrogens with zero attached hydrogens (tertiary/aromatic N) is 4. The number of fused-ring (bicyclic) bond motifs is 1. The summed E-state index contributed by atoms with van der Waals surface area (Å²) in [6.45, 7) is 1.06. The van der Waals surface area contributed by atoms with E-state index in [2.05, 4.69) is 38.3 Å². The molecule has 88 valence electrons. The third-order valence-electron chi connectivity index (χ3n) is 2.92. The zero-order valence-electron chi connectivity index (χ0n) is 9.64. The predicted octanol–water partition coefficient (Wildman–Crippen LogP) is 1.31. The fourth-order valence-corrected chi connectivity index (χ4v) is 2.02. The van der Waals surface area contributed by atoms with E-state index in [9.17, 15) is 0 Å². The van der Waals surface area contributed by atoms with Crippen LogP contribution < -0.4 is 10.6 Å². The first-order valence-electron chi connectivity index (χ1n) is 5.69. The maximum Gasteiger partial charge on any atom is 0.247 e. The normalized spacial score (nSPS) is 13.9. The van der Waals surface area contributed by atoms with Crippen LogP contribution in [0.5, 0.6) is 0 Å². The largest absolute Gasteiger partial charge is 0.385 e. The highest BCUT2D eigenvalue weighted by Gasteiger charge is 2.09. The molecule has 0 bridgehead atoms. The van der Waals surface area contributed by atoms with Gasteiger partial charge in [0, 0.05) is 25.0 Å². The molecule has 1 aliphatic heterocycles. The zero-order chi connectivity index (χ0) is 11.7. The fourth-order valence-electron chi connectivity index (χ4n) is 2.02. The highest BCUT2D eigenvalue weighted by molar-refractivity contribution is 5.63. The van der Waals surface area contributed by atoms with Crippen molar-refractivity contribution in [1.82, 2.24) is 20.2 Å². The SMILES string of the molecule is Cn1nnnc1Nc1ccc2c(c1)CCCN2. The molecule has 2 heterocycles. The number of rotatable bonds is 2. The van der Waals surface area contributed by atoms with Crippen LogP contribution in [0.1, 0.15) is 12.0 Å². The van der Waals surface area contributed by atoms with Gasteiger partial charge in [-0.25, -0.2) is 4.68 Å². The number of anilines is 3. The Balaban J connectivity index is 1.87. The van der Waals surface area contributed by atoms with Crippen LogP contribution in [0.25, 0.3) is 0 Å². The van der Waals surface area contributed by atoms with Crippen LogP contribution in [0, 0.1) is 0 Å². The second kappa shape index (κ2) is 4.04. The Kier molecular flexibility index (Phi) is 2.40. The Morgan fingerprint density at radius 2 is 2.35 bits per heavy atom. The standard InChI is InChI=1S/C11H14N6/c1-17-11(14-15-16-17)13-9-4-5-10-8(7-9)3-2-6-12-10/h4-5,7,12H,2-3,6H2,1H3,(H,13,14,16). The van der Waals surface area contributed by atoms with Gasteiger partial charge in [0.1, 0.15) is 0 Å². The number of hydrogen-bond acceptors (Lipinski definition) is 5. The van der Waals surface area contributed by atoms with Gasteiger partial charge >= 0.3 is 0 Å². The molecule has 0 amide bonds. The molecule has 0 atom stereocenters. The van der Waals surface area contributed by atoms with Crippen LogP contribution in [0.4, 0.5) is 17.3 Å². The molecule has 0 aliphatic carbocycles. The molecule has 0 radical (unpaired) electrons. The van der Waals surface area contributed by atoms with Gasteiger partial charge in [-0.15, -0.1) is 0 Å². The van der Waals surface area contributed by atoms with Crippen molar-refractivity contribution in [2.24, 2.45) is 7.05 Å². The van der Waals surface area contributed by atoms with Crippen LogP contribution in [0.2, 0.25) is 0 Å². The van der Waals surface area contributed by atoms with E-state index in [-0.39, 0.29) is 0 Å². The Morgan fingerprint density at radius 1 is 1.41 bits per heavy atom. The van der Waals surface area contributed by atoms with E-state index in [0.29, 0.717) is 5.95 Å². The molecule has 3 rings (SSSR count). The first kappa shape index (κ1) is 10.1. The summed E-state index contributed by atoms with van der Waals surface area (Å²) in [7, 11) is 1.81. The number of aryl methyl sites for hydroxylation is 2. The molecule has 0 saturated carbocycles. The minimum absolute atomic E-state index is 0.647. The summed E-state index contributed by atoms with van der Waals surface area (Å²) < 4.78 is 1.61. The van der Waals surface area contributed by atoms with Crippen LogP contribution >= 0.6 is 0 Å². The Bertz CT molecular complexity index is 533. The number of tetrazole rings is 1. The summed E-state index contributed by atoms with van der Waals surface area (Å²) in [5, 5.41) is 17.9. The second-order valence-corrected chi connectivity index (χ2v) is 4.15. The molecular formula is C11H14N6. The minimum Gasteiger partial charge on any atom is -0.385 e. The number of benzene rings is 1. The van der Waals surface area contributed by atoms with Gasteiger partial charge in [0.2, 0.25) is 5.95 Å². The van der Waals surface area contributed by atoms with Gasteiger partial charge in [0.05, 0.1) is 0 Å². The molecular weight excluding hydrogens is 216 g/mol. The molecule has 0 unspecified atom stereocenters. The second-order valence-electron chi connectivity index (χ2n) is 4.15. The summed E-state index contributed by atoms with van der Waals surface area (Å²) in [4.78, 5) is 0. The monoisotopic (exact) mass is 230 g/mol. The summed E-state index contributed by atoms with van der Waals surface area (Å²) in [6, 6.07) is 6.28. The van der Waals surface area contributed by atoms with Crippen molar-refractivity contribution in [1.29, 1.82) is 0 Å². The van der Waals surface area contributed by atoms with E-state index in [1.807, 2.05) is 13.1 Å². The van der Waals surface area contributed by atoms with E-state index in [0.717, 1.165) is 18.7 Å². The summed E-state index contributed by atoms with van der Waals surface area (Å²) in [5.74, 6) is 0.647. The highest BCUT2D eigenvalue weighted by Crippen LogP contribution is 2.26. The lowest BCUT2D eigenvalue weighted by Gasteiger charge is -2.18. The molecule has 0 fully saturated rings. The molecule has 6 nitrogen and oxygen atoms in total. The van der Waals surface area contributed by atoms with Crippen LogP contribution in [-0.4, -0.2) is 26.8 Å². The summed E-state index contributed by atoms with van der Waals surface area (Å²) in [6.07, 6.45) is 2.30. The Hall–Kier alpha value is -2.11. The lowest BCUT2D eigenvalue weighted by Crippen LogP contribution is -2.11. The molecule has 6 heteroatoms. The maximum absolute atomic E-state index is 3.90. The van der Waals surface area contributed by atoms with E-state index >= 15 is 0 Å². The van der Waals surface area contributed by atoms with Gasteiger partial charge in [-0.3, -0.25) is 0 Å². The first-order chi connectivity index (χ1) is 8.33. The average Bonchev–Trinajstić information content (AvgIpc) is 2.75. The van der Waals surface area contributed by atoms with Crippen molar-refractivity contribution in [3.05, 3.63) is 23.8 Å². The van der Waals surface area contributed by atoms with Gasteiger partial charge < -0.3 is 10.6 Å². The lowest BCUT2D eigenvalue weighted by atomic mass is 10.0. The molecule has 1 aliphatic rings. The van der Waals surface area contributed by atoms with Gasteiger partial charge in [-0.05, 0) is 47.0 Å². The molecule has 17 heavy (non-hydrogen) atoms. The highest BCUT2D eigenvalue weighted by atomic mass is 15.6. The van der Waals surface area contributed by atoms with E-state index in [4.69, 9.17) is 0 Å². The van der Waals surface area contributed by atoms with Crippen LogP contribution in [-0.2, 0) is 13.5 Å². The van der Waals surface area contributed by atoms with Crippen LogP contribution in [0.15, 0.2) is 18.2 Å². The average molecular weight is 230 g/mol. The first-order valence-corrected chi connectivity index (χ1v) is 5.69. The van der Waals surface area contributed by atoms with E-state index < -0.39 is 0 Å². The van der Waals surface area contributed by atoms with Crippen molar-refractivity contribution in [2.45, 2.75) is 12.8 Å². The van der Waals surface area contributed by atoms with Crippen molar-refractivity contribution < 1.29 is 0 Å². The van der Waals surface area contributed by atoms with E-state index in [1.165, 1.54) is 17.7 Å². The molecule has 0 saturated heterocycles. The smallest absolute Gasteiger partial charge is 0.247 e. The molecule has 1 aromatic carbocycles. The maximum atomic E-state index is 3.90. The molecule has 0 spiro atoms. The van der Waals surface area contributed by atoms with E-state index in [1.54, 1.807) is 4.68 Å². The van der Waals surface area contributed by atoms with Gasteiger partial charge in [0.15, 0.2) is 0 Å². The lowest BCUT2D eigenvalue weighted by molar-refractivity contribution is 0.715. The number of aromatic nitrogens is 4. The Morgan fingerprint density at radius 3 is 3.18 bits per heavy atom. The third-order valence-corrected chi connectivity index (χ3v) is 2.92. The van der Waals surface area contributed by atoms with Crippen LogP contribution in [0.3, 0.4) is 0 Å². The third kappa shape index (κ3) is 1.93. The molecule has 2 N–H and O–H groups in total. The van der Waals surface area contributed by atoms with Crippen molar-refractivity contribution >= 4 is 17.3 Å². The van der Waals surface area contributed by atoms with Gasteiger partial charge in [0.25, 0.3) is 0 Å². The quantitative estimate of drug-likeness (QED) is 0.814. The summed E-state index contributed by atoms with van der Waals surface area (Å²) in [5.41, 5.74) is 3.60. The summed E-state index contributed by atoms with van der Waals surface area (Å²) >= 11 is 0. The van der Waals surface area contributed by atoms with Gasteiger partial charge in [-0.1, -0.05) is 5.10 Å². The number of hydrogen-bond donors (Lipinski definition) is 2. The molecule has 2 aromatic rings. The number of nitrogens with one attached hydrogen (secondary N) is 2. The van der Waals surface area contributed by atoms with Crippen molar-refractivity contribution in [3.63, 3.8) is 0 Å². The van der Waals surface area contributed by atoms with Crippen molar-refractivity contribution in [2.75, 3.05) is 17.2 Å². The molecule has 1 aromatic heterocycles. The zero-order valence-corrected chi connectivity index (χ0v) is 9.64. The minimum atomic E-state index is 0.647. The fraction of sp³-hybridized carbons (Fsp3) is 0.364. The Labute approximate surface area is 99.0 Å². The van der Waals surface area contributed by atoms with Crippen molar-refractivity contribution in [3.8, 4) is 0 Å².